The molecule has 7 heteroatoms. The number of anilines is 2. The summed E-state index contributed by atoms with van der Waals surface area (Å²) in [6, 6.07) is 26.6. The summed E-state index contributed by atoms with van der Waals surface area (Å²) in [6.07, 6.45) is 3.74. The normalized spacial score (nSPS) is 13.6. The number of pyridine rings is 1. The van der Waals surface area contributed by atoms with Crippen molar-refractivity contribution >= 4 is 40.5 Å². The van der Waals surface area contributed by atoms with Gasteiger partial charge in [-0.2, -0.15) is 0 Å². The molecular weight excluding hydrogens is 411 g/mol. The van der Waals surface area contributed by atoms with Crippen LogP contribution in [0.4, 0.5) is 11.4 Å². The number of hydrogen-bond donors (Lipinski definition) is 0. The van der Waals surface area contributed by atoms with Gasteiger partial charge in [0.2, 0.25) is 0 Å². The minimum atomic E-state index is -0.307. The topological polar surface area (TPSA) is 56.3 Å². The van der Waals surface area contributed by atoms with Crippen LogP contribution in [-0.4, -0.2) is 21.6 Å². The fourth-order valence-corrected chi connectivity index (χ4v) is 5.06. The summed E-state index contributed by atoms with van der Waals surface area (Å²) < 4.78 is 14.6. The number of nitrogens with zero attached hydrogens (tertiary/aromatic N) is 4. The summed E-state index contributed by atoms with van der Waals surface area (Å²) in [5.41, 5.74) is 6.35. The minimum absolute atomic E-state index is 0.307. The number of rotatable bonds is 1. The molecule has 0 spiro atoms. The lowest BCUT2D eigenvalue weighted by Crippen LogP contribution is -2.46. The molecule has 2 aliphatic rings. The van der Waals surface area contributed by atoms with Crippen molar-refractivity contribution in [2.45, 2.75) is 0 Å². The van der Waals surface area contributed by atoms with Gasteiger partial charge in [-0.1, -0.05) is 42.5 Å². The zero-order chi connectivity index (χ0) is 21.5. The summed E-state index contributed by atoms with van der Waals surface area (Å²) in [4.78, 5) is 11.9. The fourth-order valence-electron chi connectivity index (χ4n) is 5.06. The second-order valence-corrected chi connectivity index (χ2v) is 8.28. The van der Waals surface area contributed by atoms with E-state index in [9.17, 15) is 0 Å². The van der Waals surface area contributed by atoms with Crippen molar-refractivity contribution in [2.24, 2.45) is 0 Å². The van der Waals surface area contributed by atoms with Crippen molar-refractivity contribution in [3.63, 3.8) is 0 Å². The Hall–Kier alpha value is -4.52. The van der Waals surface area contributed by atoms with E-state index < -0.39 is 0 Å². The Labute approximate surface area is 188 Å². The summed E-state index contributed by atoms with van der Waals surface area (Å²) >= 11 is 0. The van der Waals surface area contributed by atoms with Crippen LogP contribution in [0.1, 0.15) is 0 Å². The predicted octanol–water partition coefficient (Wildman–Crippen LogP) is 5.89. The van der Waals surface area contributed by atoms with Gasteiger partial charge in [0.25, 0.3) is 0 Å². The van der Waals surface area contributed by atoms with E-state index in [1.54, 1.807) is 6.20 Å². The van der Waals surface area contributed by atoms with E-state index in [1.165, 1.54) is 0 Å². The van der Waals surface area contributed by atoms with E-state index in [0.29, 0.717) is 0 Å². The van der Waals surface area contributed by atoms with Crippen LogP contribution in [0.5, 0.6) is 5.75 Å². The van der Waals surface area contributed by atoms with Crippen LogP contribution in [0.2, 0.25) is 0 Å². The molecule has 3 aromatic heterocycles. The lowest BCUT2D eigenvalue weighted by atomic mass is 9.91. The summed E-state index contributed by atoms with van der Waals surface area (Å²) in [5.74, 6) is 1.64. The number of furan rings is 1. The molecule has 3 aromatic carbocycles. The summed E-state index contributed by atoms with van der Waals surface area (Å²) in [7, 11) is -0.307. The van der Waals surface area contributed by atoms with Gasteiger partial charge in [-0.15, -0.1) is 0 Å². The molecule has 0 saturated carbocycles. The Balaban J connectivity index is 1.37. The molecule has 0 saturated heterocycles. The molecule has 0 N–H and O–H groups in total. The number of para-hydroxylation sites is 4. The Morgan fingerprint density at radius 2 is 1.67 bits per heavy atom. The first kappa shape index (κ1) is 17.1. The van der Waals surface area contributed by atoms with Gasteiger partial charge in [-0.25, -0.2) is 9.97 Å². The van der Waals surface area contributed by atoms with Gasteiger partial charge in [0.05, 0.1) is 17.1 Å². The SMILES string of the molecule is c1ccc2c(c1)OB1N2c2ccc(-c3cccc4c3oc3ccccc34)nc2-c2nccn21. The van der Waals surface area contributed by atoms with Crippen molar-refractivity contribution in [3.05, 3.63) is 91.3 Å². The van der Waals surface area contributed by atoms with Crippen LogP contribution in [0.15, 0.2) is 95.7 Å². The van der Waals surface area contributed by atoms with E-state index in [-0.39, 0.29) is 7.19 Å². The number of aromatic nitrogens is 3. The molecule has 0 radical (unpaired) electrons. The van der Waals surface area contributed by atoms with Crippen molar-refractivity contribution in [3.8, 4) is 28.5 Å². The highest BCUT2D eigenvalue weighted by atomic mass is 16.5. The molecule has 0 fully saturated rings. The molecule has 5 heterocycles. The molecule has 0 aliphatic carbocycles. The highest BCUT2D eigenvalue weighted by Gasteiger charge is 2.46. The van der Waals surface area contributed by atoms with Crippen LogP contribution in [0.3, 0.4) is 0 Å². The number of fused-ring (bicyclic) bond motifs is 11. The van der Waals surface area contributed by atoms with Gasteiger partial charge in [-0.3, -0.25) is 0 Å². The Bertz CT molecular complexity index is 1740. The number of hydrogen-bond acceptors (Lipinski definition) is 5. The van der Waals surface area contributed by atoms with Crippen LogP contribution < -0.4 is 9.47 Å². The van der Waals surface area contributed by atoms with Crippen molar-refractivity contribution in [1.82, 2.24) is 14.4 Å². The molecule has 0 bridgehead atoms. The first-order valence-electron chi connectivity index (χ1n) is 10.9. The largest absolute Gasteiger partial charge is 0.629 e. The predicted molar refractivity (Wildman–Crippen MR) is 129 cm³/mol. The standard InChI is InChI=1S/C26H15BN4O2/c1-3-10-22-16(6-1)17-7-5-8-18(25(17)32-22)19-12-13-21-24(29-19)26-28-14-15-30(26)27-31(21)20-9-2-4-11-23(20)33-27/h1-15H. The maximum Gasteiger partial charge on any atom is 0.629 e. The molecule has 0 amide bonds. The molecule has 33 heavy (non-hydrogen) atoms. The van der Waals surface area contributed by atoms with E-state index in [4.69, 9.17) is 14.1 Å². The van der Waals surface area contributed by atoms with Gasteiger partial charge >= 0.3 is 7.19 Å². The average molecular weight is 426 g/mol. The molecule has 6 nitrogen and oxygen atoms in total. The van der Waals surface area contributed by atoms with Crippen molar-refractivity contribution in [2.75, 3.05) is 4.81 Å². The van der Waals surface area contributed by atoms with Gasteiger partial charge < -0.3 is 18.4 Å². The monoisotopic (exact) mass is 426 g/mol. The zero-order valence-electron chi connectivity index (χ0n) is 17.3. The molecule has 2 aliphatic heterocycles. The molecular formula is C26H15BN4O2. The Morgan fingerprint density at radius 1 is 0.788 bits per heavy atom. The van der Waals surface area contributed by atoms with Gasteiger partial charge in [-0.05, 0) is 36.4 Å². The zero-order valence-corrected chi connectivity index (χ0v) is 17.3. The van der Waals surface area contributed by atoms with Crippen molar-refractivity contribution < 1.29 is 9.07 Å². The lowest BCUT2D eigenvalue weighted by Gasteiger charge is -2.29. The first-order valence-corrected chi connectivity index (χ1v) is 10.9. The van der Waals surface area contributed by atoms with Crippen LogP contribution in [-0.2, 0) is 0 Å². The minimum Gasteiger partial charge on any atom is -0.521 e. The second-order valence-electron chi connectivity index (χ2n) is 8.28. The van der Waals surface area contributed by atoms with Crippen LogP contribution in [0, 0.1) is 0 Å². The van der Waals surface area contributed by atoms with Crippen LogP contribution in [0.25, 0.3) is 44.7 Å². The van der Waals surface area contributed by atoms with E-state index in [2.05, 4.69) is 52.3 Å². The van der Waals surface area contributed by atoms with Crippen molar-refractivity contribution in [1.29, 1.82) is 0 Å². The van der Waals surface area contributed by atoms with Gasteiger partial charge in [0.1, 0.15) is 22.6 Å². The summed E-state index contributed by atoms with van der Waals surface area (Å²) in [6.45, 7) is 0. The second kappa shape index (κ2) is 6.04. The molecule has 154 valence electrons. The molecule has 6 aromatic rings. The summed E-state index contributed by atoms with van der Waals surface area (Å²) in [5, 5.41) is 2.20. The fraction of sp³-hybridized carbons (Fsp3) is 0. The van der Waals surface area contributed by atoms with E-state index in [1.807, 2.05) is 47.1 Å². The van der Waals surface area contributed by atoms with Gasteiger partial charge in [0.15, 0.2) is 5.82 Å². The van der Waals surface area contributed by atoms with E-state index in [0.717, 1.165) is 61.8 Å². The highest BCUT2D eigenvalue weighted by molar-refractivity contribution is 6.61. The smallest absolute Gasteiger partial charge is 0.521 e. The first-order chi connectivity index (χ1) is 16.4. The number of benzene rings is 3. The highest BCUT2D eigenvalue weighted by Crippen LogP contribution is 2.47. The maximum atomic E-state index is 6.26. The quantitative estimate of drug-likeness (QED) is 0.307. The average Bonchev–Trinajstić information content (AvgIpc) is 3.58. The number of imidazole rings is 1. The molecule has 0 atom stereocenters. The van der Waals surface area contributed by atoms with Crippen LogP contribution >= 0.6 is 0 Å². The Kier molecular flexibility index (Phi) is 3.13. The molecule has 8 rings (SSSR count). The Morgan fingerprint density at radius 3 is 2.67 bits per heavy atom. The third-order valence-corrected chi connectivity index (χ3v) is 6.51. The van der Waals surface area contributed by atoms with Gasteiger partial charge in [0, 0.05) is 28.7 Å². The van der Waals surface area contributed by atoms with E-state index >= 15 is 0 Å². The third-order valence-electron chi connectivity index (χ3n) is 6.51. The lowest BCUT2D eigenvalue weighted by molar-refractivity contribution is 0.576. The molecule has 0 unspecified atom stereocenters. The maximum absolute atomic E-state index is 6.26. The third kappa shape index (κ3) is 2.18.